The highest BCUT2D eigenvalue weighted by atomic mass is 16.3. The summed E-state index contributed by atoms with van der Waals surface area (Å²) in [7, 11) is 0. The minimum absolute atomic E-state index is 0.193. The zero-order valence-corrected chi connectivity index (χ0v) is 15.6. The molecule has 1 aliphatic rings. The largest absolute Gasteiger partial charge is 0.393 e. The fraction of sp³-hybridized carbons (Fsp3) is 0.286. The average Bonchev–Trinajstić information content (AvgIpc) is 3.06. The predicted octanol–water partition coefficient (Wildman–Crippen LogP) is 3.36. The number of aliphatic hydroxyl groups excluding tert-OH is 1. The molecule has 4 N–H and O–H groups in total. The Balaban J connectivity index is 1.36. The lowest BCUT2D eigenvalue weighted by molar-refractivity contribution is 0.0835. The molecule has 0 unspecified atom stereocenters. The van der Waals surface area contributed by atoms with Crippen molar-refractivity contribution in [2.45, 2.75) is 38.5 Å². The van der Waals surface area contributed by atoms with Crippen molar-refractivity contribution in [2.24, 2.45) is 0 Å². The third-order valence-corrected chi connectivity index (χ3v) is 5.32. The van der Waals surface area contributed by atoms with E-state index in [1.807, 2.05) is 18.3 Å². The topological polar surface area (TPSA) is 98.8 Å². The molecule has 3 aromatic heterocycles. The summed E-state index contributed by atoms with van der Waals surface area (Å²) in [5, 5.41) is 17.4. The average molecular weight is 374 g/mol. The lowest BCUT2D eigenvalue weighted by Gasteiger charge is -2.32. The summed E-state index contributed by atoms with van der Waals surface area (Å²) in [6.07, 6.45) is 5.10. The molecule has 28 heavy (non-hydrogen) atoms. The van der Waals surface area contributed by atoms with Crippen LogP contribution in [0.25, 0.3) is 22.1 Å². The molecule has 5 rings (SSSR count). The monoisotopic (exact) mass is 374 g/mol. The number of aromatic amines is 1. The Morgan fingerprint density at radius 3 is 2.86 bits per heavy atom. The summed E-state index contributed by atoms with van der Waals surface area (Å²) >= 11 is 0. The van der Waals surface area contributed by atoms with Crippen LogP contribution >= 0.6 is 0 Å². The number of nitrogens with zero attached hydrogens (tertiary/aromatic N) is 3. The van der Waals surface area contributed by atoms with E-state index in [9.17, 15) is 5.11 Å². The van der Waals surface area contributed by atoms with Gasteiger partial charge in [-0.25, -0.2) is 15.0 Å². The highest BCUT2D eigenvalue weighted by Gasteiger charge is 2.27. The second kappa shape index (κ2) is 6.76. The number of hydrogen-bond acceptors (Lipinski definition) is 6. The van der Waals surface area contributed by atoms with Gasteiger partial charge in [-0.3, -0.25) is 0 Å². The van der Waals surface area contributed by atoms with Crippen LogP contribution in [0.1, 0.15) is 24.0 Å². The third-order valence-electron chi connectivity index (χ3n) is 5.32. The Morgan fingerprint density at radius 1 is 1.14 bits per heavy atom. The van der Waals surface area contributed by atoms with Crippen LogP contribution in [-0.4, -0.2) is 37.2 Å². The maximum absolute atomic E-state index is 9.43. The SMILES string of the molecule is Cc1c[nH]c2cccc(CNc3cnc4ccc(NC5CC(O)C5)nc4n3)c12. The van der Waals surface area contributed by atoms with Gasteiger partial charge in [0, 0.05) is 29.7 Å². The highest BCUT2D eigenvalue weighted by molar-refractivity contribution is 5.86. The van der Waals surface area contributed by atoms with E-state index in [4.69, 9.17) is 0 Å². The summed E-state index contributed by atoms with van der Waals surface area (Å²) in [5.74, 6) is 1.46. The molecule has 7 heteroatoms. The van der Waals surface area contributed by atoms with E-state index in [0.717, 1.165) is 29.7 Å². The van der Waals surface area contributed by atoms with Crippen LogP contribution < -0.4 is 10.6 Å². The maximum atomic E-state index is 9.43. The van der Waals surface area contributed by atoms with Crippen LogP contribution in [0.5, 0.6) is 0 Å². The van der Waals surface area contributed by atoms with Gasteiger partial charge in [-0.05, 0) is 49.1 Å². The van der Waals surface area contributed by atoms with Gasteiger partial charge in [0.05, 0.1) is 12.3 Å². The molecule has 1 aromatic carbocycles. The Kier molecular flexibility index (Phi) is 4.09. The number of nitrogens with one attached hydrogen (secondary N) is 3. The number of aromatic nitrogens is 4. The van der Waals surface area contributed by atoms with Crippen LogP contribution in [0, 0.1) is 6.92 Å². The Hall–Kier alpha value is -3.19. The van der Waals surface area contributed by atoms with Crippen LogP contribution in [0.15, 0.2) is 42.7 Å². The fourth-order valence-corrected chi connectivity index (χ4v) is 3.76. The van der Waals surface area contributed by atoms with Gasteiger partial charge in [-0.1, -0.05) is 12.1 Å². The highest BCUT2D eigenvalue weighted by Crippen LogP contribution is 2.25. The van der Waals surface area contributed by atoms with Gasteiger partial charge in [-0.15, -0.1) is 0 Å². The van der Waals surface area contributed by atoms with Crippen LogP contribution in [0.3, 0.4) is 0 Å². The predicted molar refractivity (Wildman–Crippen MR) is 110 cm³/mol. The number of fused-ring (bicyclic) bond motifs is 2. The molecule has 1 fully saturated rings. The van der Waals surface area contributed by atoms with Gasteiger partial charge >= 0.3 is 0 Å². The van der Waals surface area contributed by atoms with E-state index in [1.54, 1.807) is 6.20 Å². The van der Waals surface area contributed by atoms with Crippen molar-refractivity contribution in [3.8, 4) is 0 Å². The first-order chi connectivity index (χ1) is 13.7. The van der Waals surface area contributed by atoms with Crippen molar-refractivity contribution in [2.75, 3.05) is 10.6 Å². The first kappa shape index (κ1) is 16.9. The fourth-order valence-electron chi connectivity index (χ4n) is 3.76. The van der Waals surface area contributed by atoms with E-state index in [-0.39, 0.29) is 12.1 Å². The normalized spacial score (nSPS) is 18.9. The van der Waals surface area contributed by atoms with Crippen molar-refractivity contribution >= 4 is 33.7 Å². The van der Waals surface area contributed by atoms with Gasteiger partial charge in [0.1, 0.15) is 17.2 Å². The Morgan fingerprint density at radius 2 is 2.00 bits per heavy atom. The second-order valence-electron chi connectivity index (χ2n) is 7.43. The molecule has 1 aliphatic carbocycles. The minimum Gasteiger partial charge on any atom is -0.393 e. The summed E-state index contributed by atoms with van der Waals surface area (Å²) in [5.41, 5.74) is 4.94. The lowest BCUT2D eigenvalue weighted by atomic mass is 9.89. The van der Waals surface area contributed by atoms with Crippen LogP contribution in [0.4, 0.5) is 11.6 Å². The Bertz CT molecular complexity index is 1150. The van der Waals surface area contributed by atoms with E-state index < -0.39 is 0 Å². The molecule has 4 aromatic rings. The molecule has 3 heterocycles. The number of hydrogen-bond donors (Lipinski definition) is 4. The smallest absolute Gasteiger partial charge is 0.182 e. The second-order valence-corrected chi connectivity index (χ2v) is 7.43. The summed E-state index contributed by atoms with van der Waals surface area (Å²) in [6.45, 7) is 2.77. The molecule has 0 spiro atoms. The van der Waals surface area contributed by atoms with Crippen molar-refractivity contribution in [3.05, 3.63) is 53.9 Å². The van der Waals surface area contributed by atoms with Crippen LogP contribution in [-0.2, 0) is 6.54 Å². The number of rotatable bonds is 5. The van der Waals surface area contributed by atoms with Gasteiger partial charge in [0.25, 0.3) is 0 Å². The van der Waals surface area contributed by atoms with Crippen molar-refractivity contribution in [1.82, 2.24) is 19.9 Å². The van der Waals surface area contributed by atoms with E-state index >= 15 is 0 Å². The summed E-state index contributed by atoms with van der Waals surface area (Å²) in [6, 6.07) is 10.4. The molecule has 142 valence electrons. The van der Waals surface area contributed by atoms with Crippen molar-refractivity contribution in [1.29, 1.82) is 0 Å². The minimum atomic E-state index is -0.193. The van der Waals surface area contributed by atoms with Gasteiger partial charge < -0.3 is 20.7 Å². The molecule has 0 saturated heterocycles. The third kappa shape index (κ3) is 3.14. The number of pyridine rings is 1. The van der Waals surface area contributed by atoms with E-state index in [1.165, 1.54) is 16.5 Å². The summed E-state index contributed by atoms with van der Waals surface area (Å²) in [4.78, 5) is 17.0. The molecule has 0 radical (unpaired) electrons. The number of benzene rings is 1. The standard InChI is InChI=1S/C21H22N6O/c1-12-9-22-16-4-2-3-13(20(12)16)10-24-19-11-23-17-5-6-18(26-21(17)27-19)25-14-7-15(28)8-14/h2-6,9,11,14-15,22,28H,7-8,10H2,1H3,(H2,24,25,26,27). The number of aliphatic hydroxyl groups is 1. The zero-order chi connectivity index (χ0) is 19.1. The molecular weight excluding hydrogens is 352 g/mol. The first-order valence-corrected chi connectivity index (χ1v) is 9.53. The first-order valence-electron chi connectivity index (χ1n) is 9.53. The molecule has 0 atom stereocenters. The Labute approximate surface area is 162 Å². The molecule has 0 amide bonds. The molecule has 0 aliphatic heterocycles. The van der Waals surface area contributed by atoms with Crippen molar-refractivity contribution < 1.29 is 5.11 Å². The maximum Gasteiger partial charge on any atom is 0.182 e. The van der Waals surface area contributed by atoms with E-state index in [2.05, 4.69) is 55.7 Å². The summed E-state index contributed by atoms with van der Waals surface area (Å²) < 4.78 is 0. The number of aryl methyl sites for hydroxylation is 1. The van der Waals surface area contributed by atoms with Crippen molar-refractivity contribution in [3.63, 3.8) is 0 Å². The molecular formula is C21H22N6O. The van der Waals surface area contributed by atoms with Gasteiger partial charge in [-0.2, -0.15) is 0 Å². The zero-order valence-electron chi connectivity index (χ0n) is 15.6. The number of anilines is 2. The van der Waals surface area contributed by atoms with Gasteiger partial charge in [0.2, 0.25) is 0 Å². The number of H-pyrrole nitrogens is 1. The molecule has 7 nitrogen and oxygen atoms in total. The molecule has 0 bridgehead atoms. The van der Waals surface area contributed by atoms with Crippen LogP contribution in [0.2, 0.25) is 0 Å². The quantitative estimate of drug-likeness (QED) is 0.428. The lowest BCUT2D eigenvalue weighted by Crippen LogP contribution is -2.39. The molecule has 1 saturated carbocycles. The van der Waals surface area contributed by atoms with Gasteiger partial charge in [0.15, 0.2) is 5.65 Å². The van der Waals surface area contributed by atoms with E-state index in [0.29, 0.717) is 18.0 Å².